The molecule has 2 N–H and O–H groups in total. The number of halogens is 1. The lowest BCUT2D eigenvalue weighted by atomic mass is 10.0. The number of carbonyl (C=O) groups is 1. The summed E-state index contributed by atoms with van der Waals surface area (Å²) >= 11 is 0. The molecule has 114 valence electrons. The van der Waals surface area contributed by atoms with E-state index >= 15 is 0 Å². The van der Waals surface area contributed by atoms with Crippen molar-refractivity contribution in [3.05, 3.63) is 0 Å². The van der Waals surface area contributed by atoms with Gasteiger partial charge in [0.25, 0.3) is 0 Å². The highest BCUT2D eigenvalue weighted by molar-refractivity contribution is 5.85. The Morgan fingerprint density at radius 1 is 1.37 bits per heavy atom. The van der Waals surface area contributed by atoms with Gasteiger partial charge >= 0.3 is 0 Å². The molecule has 5 heteroatoms. The van der Waals surface area contributed by atoms with Crippen molar-refractivity contribution >= 4 is 18.3 Å². The zero-order valence-electron chi connectivity index (χ0n) is 12.8. The molecule has 19 heavy (non-hydrogen) atoms. The molecule has 0 aromatic heterocycles. The summed E-state index contributed by atoms with van der Waals surface area (Å²) in [7, 11) is 0. The van der Waals surface area contributed by atoms with Crippen LogP contribution in [0.5, 0.6) is 0 Å². The first kappa shape index (κ1) is 18.7. The molecule has 2 atom stereocenters. The van der Waals surface area contributed by atoms with E-state index in [1.54, 1.807) is 0 Å². The summed E-state index contributed by atoms with van der Waals surface area (Å²) in [5.74, 6) is 0.972. The van der Waals surface area contributed by atoms with Gasteiger partial charge in [0.2, 0.25) is 5.91 Å². The van der Waals surface area contributed by atoms with E-state index in [-0.39, 0.29) is 30.3 Å². The minimum absolute atomic E-state index is 0. The predicted molar refractivity (Wildman–Crippen MR) is 82.5 cm³/mol. The number of nitrogens with two attached hydrogens (primary N) is 1. The maximum Gasteiger partial charge on any atom is 0.239 e. The minimum Gasteiger partial charge on any atom is -0.341 e. The first-order valence-electron chi connectivity index (χ1n) is 7.26. The molecule has 4 nitrogen and oxygen atoms in total. The van der Waals surface area contributed by atoms with Crippen molar-refractivity contribution in [2.45, 2.75) is 40.2 Å². The lowest BCUT2D eigenvalue weighted by molar-refractivity contribution is -0.132. The molecule has 1 aliphatic heterocycles. The molecule has 0 aliphatic carbocycles. The fraction of sp³-hybridized carbons (Fsp3) is 0.929. The largest absolute Gasteiger partial charge is 0.341 e. The van der Waals surface area contributed by atoms with Gasteiger partial charge in [-0.05, 0) is 31.3 Å². The molecule has 1 unspecified atom stereocenters. The number of hydrogen-bond acceptors (Lipinski definition) is 3. The van der Waals surface area contributed by atoms with Crippen molar-refractivity contribution in [3.8, 4) is 0 Å². The summed E-state index contributed by atoms with van der Waals surface area (Å²) in [6.45, 7) is 13.4. The van der Waals surface area contributed by atoms with Gasteiger partial charge in [0, 0.05) is 19.6 Å². The van der Waals surface area contributed by atoms with E-state index in [0.29, 0.717) is 5.92 Å². The van der Waals surface area contributed by atoms with Crippen LogP contribution in [0.3, 0.4) is 0 Å². The van der Waals surface area contributed by atoms with Gasteiger partial charge in [-0.3, -0.25) is 4.79 Å². The lowest BCUT2D eigenvalue weighted by Gasteiger charge is -2.25. The molecule has 1 aliphatic rings. The van der Waals surface area contributed by atoms with Crippen LogP contribution in [0.4, 0.5) is 0 Å². The zero-order chi connectivity index (χ0) is 13.7. The van der Waals surface area contributed by atoms with Gasteiger partial charge in [-0.15, -0.1) is 12.4 Å². The first-order valence-corrected chi connectivity index (χ1v) is 7.26. The van der Waals surface area contributed by atoms with Crippen LogP contribution in [0.1, 0.15) is 34.1 Å². The number of carbonyl (C=O) groups excluding carboxylic acids is 1. The molecule has 1 saturated heterocycles. The van der Waals surface area contributed by atoms with Crippen molar-refractivity contribution in [1.29, 1.82) is 0 Å². The Morgan fingerprint density at radius 2 is 1.95 bits per heavy atom. The number of likely N-dealkylation sites (tertiary alicyclic amines) is 1. The van der Waals surface area contributed by atoms with E-state index in [9.17, 15) is 4.79 Å². The van der Waals surface area contributed by atoms with Crippen molar-refractivity contribution in [2.75, 3.05) is 32.7 Å². The third-order valence-electron chi connectivity index (χ3n) is 4.01. The minimum atomic E-state index is -0.336. The Balaban J connectivity index is 0.00000324. The molecule has 0 spiro atoms. The molecular weight excluding hydrogens is 262 g/mol. The smallest absolute Gasteiger partial charge is 0.239 e. The fourth-order valence-electron chi connectivity index (χ4n) is 2.52. The summed E-state index contributed by atoms with van der Waals surface area (Å²) in [6.07, 6.45) is 1.12. The molecule has 1 heterocycles. The Kier molecular flexibility index (Phi) is 8.62. The molecular formula is C14H30ClN3O. The standard InChI is InChI=1S/C14H29N3O.ClH/c1-5-16(6-2)9-12-7-8-17(10-12)14(18)13(15)11(3)4;/h11-13H,5-10,15H2,1-4H3;1H/t12?,13-;/m0./s1. The Hall–Kier alpha value is -0.320. The normalized spacial score (nSPS) is 20.8. The molecule has 0 radical (unpaired) electrons. The second-order valence-corrected chi connectivity index (χ2v) is 5.69. The molecule has 0 saturated carbocycles. The predicted octanol–water partition coefficient (Wildman–Crippen LogP) is 1.58. The number of rotatable bonds is 6. The van der Waals surface area contributed by atoms with Crippen LogP contribution in [0.25, 0.3) is 0 Å². The topological polar surface area (TPSA) is 49.6 Å². The Labute approximate surface area is 124 Å². The molecule has 1 rings (SSSR count). The van der Waals surface area contributed by atoms with E-state index in [2.05, 4.69) is 18.7 Å². The summed E-state index contributed by atoms with van der Waals surface area (Å²) in [5.41, 5.74) is 5.94. The monoisotopic (exact) mass is 291 g/mol. The molecule has 0 bridgehead atoms. The summed E-state index contributed by atoms with van der Waals surface area (Å²) in [6, 6.07) is -0.336. The third-order valence-corrected chi connectivity index (χ3v) is 4.01. The van der Waals surface area contributed by atoms with Gasteiger partial charge in [-0.2, -0.15) is 0 Å². The van der Waals surface area contributed by atoms with Crippen LogP contribution in [-0.4, -0.2) is 54.5 Å². The Bertz CT molecular complexity index is 269. The van der Waals surface area contributed by atoms with Gasteiger partial charge < -0.3 is 15.5 Å². The van der Waals surface area contributed by atoms with E-state index in [0.717, 1.165) is 39.1 Å². The summed E-state index contributed by atoms with van der Waals surface area (Å²) in [5, 5.41) is 0. The zero-order valence-corrected chi connectivity index (χ0v) is 13.6. The molecule has 1 fully saturated rings. The van der Waals surface area contributed by atoms with E-state index in [1.165, 1.54) is 0 Å². The van der Waals surface area contributed by atoms with Crippen LogP contribution >= 0.6 is 12.4 Å². The number of nitrogens with zero attached hydrogens (tertiary/aromatic N) is 2. The van der Waals surface area contributed by atoms with Crippen molar-refractivity contribution in [1.82, 2.24) is 9.80 Å². The van der Waals surface area contributed by atoms with Crippen LogP contribution < -0.4 is 5.73 Å². The second kappa shape index (κ2) is 8.77. The van der Waals surface area contributed by atoms with Crippen LogP contribution in [0.15, 0.2) is 0 Å². The highest BCUT2D eigenvalue weighted by Crippen LogP contribution is 2.19. The average molecular weight is 292 g/mol. The summed E-state index contributed by atoms with van der Waals surface area (Å²) < 4.78 is 0. The highest BCUT2D eigenvalue weighted by atomic mass is 35.5. The number of amides is 1. The maximum absolute atomic E-state index is 12.1. The van der Waals surface area contributed by atoms with Gasteiger partial charge in [0.05, 0.1) is 6.04 Å². The van der Waals surface area contributed by atoms with E-state index < -0.39 is 0 Å². The lowest BCUT2D eigenvalue weighted by Crippen LogP contribution is -2.45. The maximum atomic E-state index is 12.1. The quantitative estimate of drug-likeness (QED) is 0.808. The second-order valence-electron chi connectivity index (χ2n) is 5.69. The Morgan fingerprint density at radius 3 is 2.42 bits per heavy atom. The van der Waals surface area contributed by atoms with Crippen molar-refractivity contribution in [3.63, 3.8) is 0 Å². The van der Waals surface area contributed by atoms with Crippen molar-refractivity contribution in [2.24, 2.45) is 17.6 Å². The number of hydrogen-bond donors (Lipinski definition) is 1. The average Bonchev–Trinajstić information content (AvgIpc) is 2.82. The molecule has 0 aromatic carbocycles. The van der Waals surface area contributed by atoms with Gasteiger partial charge in [-0.1, -0.05) is 27.7 Å². The van der Waals surface area contributed by atoms with Gasteiger partial charge in [0.15, 0.2) is 0 Å². The van der Waals surface area contributed by atoms with E-state index in [1.807, 2.05) is 18.7 Å². The highest BCUT2D eigenvalue weighted by Gasteiger charge is 2.30. The fourth-order valence-corrected chi connectivity index (χ4v) is 2.52. The SMILES string of the molecule is CCN(CC)CC1CCN(C(=O)[C@@H](N)C(C)C)C1.Cl. The summed E-state index contributed by atoms with van der Waals surface area (Å²) in [4.78, 5) is 16.5. The van der Waals surface area contributed by atoms with Gasteiger partial charge in [0.1, 0.15) is 0 Å². The van der Waals surface area contributed by atoms with Crippen LogP contribution in [0, 0.1) is 11.8 Å². The van der Waals surface area contributed by atoms with Crippen LogP contribution in [-0.2, 0) is 4.79 Å². The first-order chi connectivity index (χ1) is 8.49. The molecule has 0 aromatic rings. The van der Waals surface area contributed by atoms with Crippen molar-refractivity contribution < 1.29 is 4.79 Å². The molecule has 1 amide bonds. The van der Waals surface area contributed by atoms with Gasteiger partial charge in [-0.25, -0.2) is 0 Å². The van der Waals surface area contributed by atoms with E-state index in [4.69, 9.17) is 5.73 Å². The third kappa shape index (κ3) is 5.28. The van der Waals surface area contributed by atoms with Crippen LogP contribution in [0.2, 0.25) is 0 Å².